The third kappa shape index (κ3) is 4.34. The van der Waals surface area contributed by atoms with Crippen LogP contribution in [0.3, 0.4) is 0 Å². The molecule has 8 nitrogen and oxygen atoms in total. The summed E-state index contributed by atoms with van der Waals surface area (Å²) < 4.78 is 1.75. The van der Waals surface area contributed by atoms with Crippen LogP contribution in [0, 0.1) is 5.92 Å². The molecule has 2 N–H and O–H groups in total. The number of amides is 1. The minimum absolute atomic E-state index is 0. The lowest BCUT2D eigenvalue weighted by atomic mass is 9.83. The van der Waals surface area contributed by atoms with Gasteiger partial charge in [0.15, 0.2) is 5.65 Å². The summed E-state index contributed by atoms with van der Waals surface area (Å²) in [5.74, 6) is 1.36. The zero-order valence-electron chi connectivity index (χ0n) is 16.2. The maximum Gasteiger partial charge on any atom is 0.239 e. The van der Waals surface area contributed by atoms with Crippen molar-refractivity contribution in [2.45, 2.75) is 38.1 Å². The first-order chi connectivity index (χ1) is 12.6. The van der Waals surface area contributed by atoms with E-state index < -0.39 is 0 Å². The number of piperazine rings is 1. The maximum atomic E-state index is 12.8. The van der Waals surface area contributed by atoms with Crippen LogP contribution in [0.5, 0.6) is 0 Å². The number of hydrogen-bond donors (Lipinski definition) is 1. The number of nitrogens with zero attached hydrogens (tertiary/aromatic N) is 6. The van der Waals surface area contributed by atoms with Gasteiger partial charge >= 0.3 is 0 Å². The molecule has 0 radical (unpaired) electrons. The van der Waals surface area contributed by atoms with E-state index in [-0.39, 0.29) is 36.8 Å². The first kappa shape index (κ1) is 22.6. The zero-order chi connectivity index (χ0) is 18.1. The van der Waals surface area contributed by atoms with Crippen molar-refractivity contribution in [3.63, 3.8) is 0 Å². The molecule has 2 aromatic rings. The van der Waals surface area contributed by atoms with Gasteiger partial charge in [-0.2, -0.15) is 5.10 Å². The fourth-order valence-electron chi connectivity index (χ4n) is 4.25. The molecule has 0 bridgehead atoms. The molecule has 1 saturated carbocycles. The Morgan fingerprint density at radius 1 is 1.11 bits per heavy atom. The summed E-state index contributed by atoms with van der Waals surface area (Å²) in [5.41, 5.74) is 7.14. The van der Waals surface area contributed by atoms with E-state index >= 15 is 0 Å². The van der Waals surface area contributed by atoms with Crippen LogP contribution in [0.15, 0.2) is 12.5 Å². The van der Waals surface area contributed by atoms with Gasteiger partial charge in [0.25, 0.3) is 0 Å². The number of aromatic nitrogens is 4. The topological polar surface area (TPSA) is 93.2 Å². The van der Waals surface area contributed by atoms with Crippen molar-refractivity contribution in [3.8, 4) is 0 Å². The average Bonchev–Trinajstić information content (AvgIpc) is 3.09. The Morgan fingerprint density at radius 3 is 2.46 bits per heavy atom. The number of anilines is 1. The minimum Gasteiger partial charge on any atom is -0.352 e. The van der Waals surface area contributed by atoms with E-state index in [1.807, 2.05) is 11.9 Å². The standard InChI is InChI=1S/C18H27N7O.2ClH/c1-23-16-14(11-22-23)17(21-12-20-16)24-7-9-25(10-8-24)18(26)15(19)13-5-3-2-4-6-13;;/h11-13,15H,2-10,19H2,1H3;2*1H. The Labute approximate surface area is 177 Å². The zero-order valence-corrected chi connectivity index (χ0v) is 17.8. The summed E-state index contributed by atoms with van der Waals surface area (Å²) in [6.07, 6.45) is 9.25. The molecule has 4 rings (SSSR count). The first-order valence-corrected chi connectivity index (χ1v) is 9.57. The van der Waals surface area contributed by atoms with E-state index in [9.17, 15) is 4.79 Å². The summed E-state index contributed by atoms with van der Waals surface area (Å²) in [7, 11) is 1.88. The van der Waals surface area contributed by atoms with Crippen LogP contribution in [0.4, 0.5) is 5.82 Å². The second-order valence-corrected chi connectivity index (χ2v) is 7.44. The highest BCUT2D eigenvalue weighted by Crippen LogP contribution is 2.27. The normalized spacial score (nSPS) is 19.1. The molecule has 2 fully saturated rings. The van der Waals surface area contributed by atoms with Gasteiger partial charge in [-0.1, -0.05) is 19.3 Å². The second kappa shape index (κ2) is 9.71. The lowest BCUT2D eigenvalue weighted by Crippen LogP contribution is -2.55. The highest BCUT2D eigenvalue weighted by atomic mass is 35.5. The third-order valence-corrected chi connectivity index (χ3v) is 5.84. The monoisotopic (exact) mass is 429 g/mol. The Hall–Kier alpha value is -1.64. The van der Waals surface area contributed by atoms with Gasteiger partial charge in [-0.25, -0.2) is 9.97 Å². The number of fused-ring (bicyclic) bond motifs is 1. The minimum atomic E-state index is -0.342. The largest absolute Gasteiger partial charge is 0.352 e. The van der Waals surface area contributed by atoms with Gasteiger partial charge in [0.2, 0.25) is 5.91 Å². The molecule has 28 heavy (non-hydrogen) atoms. The Kier molecular flexibility index (Phi) is 7.86. The molecule has 0 spiro atoms. The van der Waals surface area contributed by atoms with Gasteiger partial charge in [0.1, 0.15) is 12.1 Å². The Balaban J connectivity index is 0.00000140. The molecule has 0 aromatic carbocycles. The third-order valence-electron chi connectivity index (χ3n) is 5.84. The van der Waals surface area contributed by atoms with Crippen LogP contribution in [0.2, 0.25) is 0 Å². The quantitative estimate of drug-likeness (QED) is 0.798. The van der Waals surface area contributed by atoms with E-state index in [1.54, 1.807) is 17.2 Å². The number of halogens is 2. The molecule has 10 heteroatoms. The fraction of sp³-hybridized carbons (Fsp3) is 0.667. The average molecular weight is 430 g/mol. The molecular formula is C18H29Cl2N7O. The molecule has 1 aliphatic carbocycles. The van der Waals surface area contributed by atoms with Gasteiger partial charge in [-0.05, 0) is 18.8 Å². The molecule has 2 aromatic heterocycles. The SMILES string of the molecule is Cl.Cl.Cn1ncc2c(N3CCN(C(=O)C(N)C4CCCCC4)CC3)ncnc21. The van der Waals surface area contributed by atoms with Crippen LogP contribution in [0.1, 0.15) is 32.1 Å². The van der Waals surface area contributed by atoms with E-state index in [0.29, 0.717) is 19.0 Å². The van der Waals surface area contributed by atoms with Crippen molar-refractivity contribution >= 4 is 47.6 Å². The van der Waals surface area contributed by atoms with Crippen LogP contribution in [-0.4, -0.2) is 62.8 Å². The highest BCUT2D eigenvalue weighted by Gasteiger charge is 2.31. The molecule has 1 saturated heterocycles. The first-order valence-electron chi connectivity index (χ1n) is 9.57. The second-order valence-electron chi connectivity index (χ2n) is 7.44. The fourth-order valence-corrected chi connectivity index (χ4v) is 4.25. The molecule has 1 aliphatic heterocycles. The molecule has 3 heterocycles. The maximum absolute atomic E-state index is 12.8. The molecule has 1 unspecified atom stereocenters. The Bertz CT molecular complexity index is 785. The molecular weight excluding hydrogens is 401 g/mol. The van der Waals surface area contributed by atoms with E-state index in [4.69, 9.17) is 5.73 Å². The predicted molar refractivity (Wildman–Crippen MR) is 114 cm³/mol. The van der Waals surface area contributed by atoms with Gasteiger partial charge in [0, 0.05) is 33.2 Å². The van der Waals surface area contributed by atoms with Gasteiger partial charge in [-0.15, -0.1) is 24.8 Å². The summed E-state index contributed by atoms with van der Waals surface area (Å²) in [5, 5.41) is 5.23. The number of rotatable bonds is 3. The summed E-state index contributed by atoms with van der Waals surface area (Å²) in [6.45, 7) is 2.88. The Morgan fingerprint density at radius 2 is 1.79 bits per heavy atom. The van der Waals surface area contributed by atoms with E-state index in [2.05, 4.69) is 20.0 Å². The molecule has 1 amide bonds. The van der Waals surface area contributed by atoms with Crippen molar-refractivity contribution in [1.82, 2.24) is 24.6 Å². The summed E-state index contributed by atoms with van der Waals surface area (Å²) in [4.78, 5) is 25.7. The number of hydrogen-bond acceptors (Lipinski definition) is 6. The van der Waals surface area contributed by atoms with Crippen molar-refractivity contribution in [2.24, 2.45) is 18.7 Å². The van der Waals surface area contributed by atoms with Gasteiger partial charge in [-0.3, -0.25) is 9.48 Å². The van der Waals surface area contributed by atoms with Crippen molar-refractivity contribution in [1.29, 1.82) is 0 Å². The smallest absolute Gasteiger partial charge is 0.239 e. The van der Waals surface area contributed by atoms with Crippen molar-refractivity contribution < 1.29 is 4.79 Å². The number of carbonyl (C=O) groups excluding carboxylic acids is 1. The van der Waals surface area contributed by atoms with Crippen LogP contribution < -0.4 is 10.6 Å². The van der Waals surface area contributed by atoms with Gasteiger partial charge < -0.3 is 15.5 Å². The summed E-state index contributed by atoms with van der Waals surface area (Å²) >= 11 is 0. The number of aryl methyl sites for hydroxylation is 1. The lowest BCUT2D eigenvalue weighted by Gasteiger charge is -2.38. The lowest BCUT2D eigenvalue weighted by molar-refractivity contribution is -0.134. The van der Waals surface area contributed by atoms with E-state index in [1.165, 1.54) is 19.3 Å². The van der Waals surface area contributed by atoms with Crippen LogP contribution in [-0.2, 0) is 11.8 Å². The van der Waals surface area contributed by atoms with E-state index in [0.717, 1.165) is 42.8 Å². The molecule has 1 atom stereocenters. The number of carbonyl (C=O) groups is 1. The molecule has 156 valence electrons. The predicted octanol–water partition coefficient (Wildman–Crippen LogP) is 1.76. The van der Waals surface area contributed by atoms with Crippen LogP contribution in [0.25, 0.3) is 11.0 Å². The van der Waals surface area contributed by atoms with Crippen molar-refractivity contribution in [3.05, 3.63) is 12.5 Å². The highest BCUT2D eigenvalue weighted by molar-refractivity contribution is 5.87. The van der Waals surface area contributed by atoms with Crippen LogP contribution >= 0.6 is 24.8 Å². The van der Waals surface area contributed by atoms with Gasteiger partial charge in [0.05, 0.1) is 17.6 Å². The summed E-state index contributed by atoms with van der Waals surface area (Å²) in [6, 6.07) is -0.342. The molecule has 2 aliphatic rings. The van der Waals surface area contributed by atoms with Crippen molar-refractivity contribution in [2.75, 3.05) is 31.1 Å². The number of nitrogens with two attached hydrogens (primary N) is 1.